The fraction of sp³-hybridized carbons (Fsp3) is 0.346. The van der Waals surface area contributed by atoms with Crippen LogP contribution in [0.3, 0.4) is 0 Å². The van der Waals surface area contributed by atoms with Crippen LogP contribution in [0.2, 0.25) is 0 Å². The zero-order chi connectivity index (χ0) is 26.3. The number of anilines is 4. The lowest BCUT2D eigenvalue weighted by Gasteiger charge is -2.24. The molecule has 2 aromatic heterocycles. The van der Waals surface area contributed by atoms with Gasteiger partial charge in [0.15, 0.2) is 0 Å². The predicted octanol–water partition coefficient (Wildman–Crippen LogP) is 3.58. The van der Waals surface area contributed by atoms with E-state index >= 15 is 0 Å². The molecule has 10 heteroatoms. The van der Waals surface area contributed by atoms with Gasteiger partial charge in [-0.1, -0.05) is 26.8 Å². The fourth-order valence-electron chi connectivity index (χ4n) is 3.57. The second-order valence-corrected chi connectivity index (χ2v) is 9.63. The van der Waals surface area contributed by atoms with Crippen LogP contribution in [0, 0.1) is 0 Å². The van der Waals surface area contributed by atoms with Crippen LogP contribution in [0.4, 0.5) is 23.1 Å². The first-order valence-electron chi connectivity index (χ1n) is 11.7. The number of carbonyl (C=O) groups excluding carboxylic acids is 2. The molecular formula is C26H34N8O2. The summed E-state index contributed by atoms with van der Waals surface area (Å²) in [5.74, 6) is 0.503. The maximum Gasteiger partial charge on any atom is 0.259 e. The Morgan fingerprint density at radius 1 is 1.00 bits per heavy atom. The quantitative estimate of drug-likeness (QED) is 0.359. The smallest absolute Gasteiger partial charge is 0.259 e. The van der Waals surface area contributed by atoms with E-state index in [1.165, 1.54) is 0 Å². The monoisotopic (exact) mass is 490 g/mol. The molecule has 2 amide bonds. The first kappa shape index (κ1) is 26.6. The second kappa shape index (κ2) is 11.6. The Hall–Kier alpha value is -4.05. The van der Waals surface area contributed by atoms with Crippen molar-refractivity contribution in [2.75, 3.05) is 49.0 Å². The molecule has 3 rings (SSSR count). The van der Waals surface area contributed by atoms with Crippen molar-refractivity contribution in [1.82, 2.24) is 19.9 Å². The van der Waals surface area contributed by atoms with E-state index in [2.05, 4.69) is 57.0 Å². The Morgan fingerprint density at radius 3 is 2.47 bits per heavy atom. The molecule has 0 aliphatic rings. The minimum absolute atomic E-state index is 0.126. The Bertz CT molecular complexity index is 1220. The van der Waals surface area contributed by atoms with Crippen molar-refractivity contribution < 1.29 is 9.59 Å². The maximum atomic E-state index is 13.2. The third kappa shape index (κ3) is 7.22. The van der Waals surface area contributed by atoms with Gasteiger partial charge in [0, 0.05) is 30.8 Å². The van der Waals surface area contributed by atoms with Gasteiger partial charge in [-0.3, -0.25) is 9.59 Å². The highest BCUT2D eigenvalue weighted by molar-refractivity contribution is 6.07. The first-order valence-corrected chi connectivity index (χ1v) is 11.7. The van der Waals surface area contributed by atoms with Crippen LogP contribution in [-0.2, 0) is 16.8 Å². The summed E-state index contributed by atoms with van der Waals surface area (Å²) in [7, 11) is 5.43. The molecule has 0 radical (unpaired) electrons. The molecule has 0 aliphatic heterocycles. The lowest BCUT2D eigenvalue weighted by molar-refractivity contribution is -0.116. The first-order chi connectivity index (χ1) is 17.1. The molecular weight excluding hydrogens is 456 g/mol. The summed E-state index contributed by atoms with van der Waals surface area (Å²) in [6, 6.07) is 10.8. The summed E-state index contributed by atoms with van der Waals surface area (Å²) in [5.41, 5.74) is 3.15. The van der Waals surface area contributed by atoms with Gasteiger partial charge in [-0.25, -0.2) is 15.0 Å². The van der Waals surface area contributed by atoms with Gasteiger partial charge in [0.2, 0.25) is 11.9 Å². The molecule has 4 N–H and O–H groups in total. The standard InChI is InChI=1S/C26H34N8O2/c1-26(2,3)20-10-9-17(14-21(20)33-22(35)16-34(5)6)31-24(36)19-8-7-12-28-23(19)30-15-18-11-13-29-25(27-4)32-18/h7-14H,15-16H2,1-6H3,(H,28,30)(H,31,36)(H,33,35)(H,27,29,32). The zero-order valence-corrected chi connectivity index (χ0v) is 21.6. The fourth-order valence-corrected chi connectivity index (χ4v) is 3.57. The maximum absolute atomic E-state index is 13.2. The van der Waals surface area contributed by atoms with E-state index in [4.69, 9.17) is 0 Å². The molecule has 1 aromatic carbocycles. The van der Waals surface area contributed by atoms with E-state index in [0.717, 1.165) is 11.3 Å². The normalized spacial score (nSPS) is 11.2. The predicted molar refractivity (Wildman–Crippen MR) is 143 cm³/mol. The molecule has 0 fully saturated rings. The lowest BCUT2D eigenvalue weighted by atomic mass is 9.85. The summed E-state index contributed by atoms with van der Waals surface area (Å²) >= 11 is 0. The third-order valence-corrected chi connectivity index (χ3v) is 5.25. The van der Waals surface area contributed by atoms with Crippen LogP contribution >= 0.6 is 0 Å². The number of likely N-dealkylation sites (N-methyl/N-ethyl adjacent to an activating group) is 1. The van der Waals surface area contributed by atoms with Gasteiger partial charge in [0.25, 0.3) is 5.91 Å². The number of nitrogens with zero attached hydrogens (tertiary/aromatic N) is 4. The molecule has 0 saturated heterocycles. The van der Waals surface area contributed by atoms with Crippen molar-refractivity contribution in [1.29, 1.82) is 0 Å². The van der Waals surface area contributed by atoms with Crippen LogP contribution in [0.1, 0.15) is 42.4 Å². The molecule has 2 heterocycles. The van der Waals surface area contributed by atoms with E-state index in [0.29, 0.717) is 35.2 Å². The summed E-state index contributed by atoms with van der Waals surface area (Å²) < 4.78 is 0. The van der Waals surface area contributed by atoms with Crippen molar-refractivity contribution in [3.8, 4) is 0 Å². The highest BCUT2D eigenvalue weighted by Gasteiger charge is 2.21. The van der Waals surface area contributed by atoms with Gasteiger partial charge >= 0.3 is 0 Å². The van der Waals surface area contributed by atoms with Crippen molar-refractivity contribution in [2.45, 2.75) is 32.7 Å². The van der Waals surface area contributed by atoms with Gasteiger partial charge in [-0.05, 0) is 55.4 Å². The van der Waals surface area contributed by atoms with Crippen molar-refractivity contribution in [3.05, 3.63) is 65.6 Å². The van der Waals surface area contributed by atoms with Crippen molar-refractivity contribution >= 4 is 35.0 Å². The largest absolute Gasteiger partial charge is 0.364 e. The molecule has 0 unspecified atom stereocenters. The summed E-state index contributed by atoms with van der Waals surface area (Å²) in [6.45, 7) is 6.86. The molecule has 3 aromatic rings. The Balaban J connectivity index is 1.80. The molecule has 10 nitrogen and oxygen atoms in total. The number of hydrogen-bond acceptors (Lipinski definition) is 8. The molecule has 0 bridgehead atoms. The SMILES string of the molecule is CNc1nccc(CNc2ncccc2C(=O)Nc2ccc(C(C)(C)C)c(NC(=O)CN(C)C)c2)n1. The molecule has 0 saturated carbocycles. The van der Waals surface area contributed by atoms with Crippen LogP contribution in [0.15, 0.2) is 48.8 Å². The highest BCUT2D eigenvalue weighted by atomic mass is 16.2. The van der Waals surface area contributed by atoms with Crippen molar-refractivity contribution in [2.24, 2.45) is 0 Å². The number of nitrogens with one attached hydrogen (secondary N) is 4. The lowest BCUT2D eigenvalue weighted by Crippen LogP contribution is -2.28. The summed E-state index contributed by atoms with van der Waals surface area (Å²) in [5, 5.41) is 12.0. The van der Waals surface area contributed by atoms with Crippen LogP contribution in [-0.4, -0.2) is 59.4 Å². The van der Waals surface area contributed by atoms with Gasteiger partial charge < -0.3 is 26.2 Å². The molecule has 190 valence electrons. The van der Waals surface area contributed by atoms with E-state index in [9.17, 15) is 9.59 Å². The number of aromatic nitrogens is 3. The summed E-state index contributed by atoms with van der Waals surface area (Å²) in [6.07, 6.45) is 3.28. The summed E-state index contributed by atoms with van der Waals surface area (Å²) in [4.78, 5) is 40.3. The number of pyridine rings is 1. The molecule has 0 atom stereocenters. The van der Waals surface area contributed by atoms with E-state index in [1.807, 2.05) is 26.2 Å². The van der Waals surface area contributed by atoms with Gasteiger partial charge in [0.1, 0.15) is 5.82 Å². The van der Waals surface area contributed by atoms with Gasteiger partial charge in [0.05, 0.1) is 24.3 Å². The number of amides is 2. The molecule has 0 aliphatic carbocycles. The Labute approximate surface area is 212 Å². The third-order valence-electron chi connectivity index (χ3n) is 5.25. The number of hydrogen-bond donors (Lipinski definition) is 4. The van der Waals surface area contributed by atoms with E-state index < -0.39 is 0 Å². The van der Waals surface area contributed by atoms with E-state index in [-0.39, 0.29) is 23.8 Å². The van der Waals surface area contributed by atoms with Crippen LogP contribution in [0.5, 0.6) is 0 Å². The number of carbonyl (C=O) groups is 2. The zero-order valence-electron chi connectivity index (χ0n) is 21.6. The van der Waals surface area contributed by atoms with Gasteiger partial charge in [-0.2, -0.15) is 0 Å². The number of benzene rings is 1. The van der Waals surface area contributed by atoms with E-state index in [1.54, 1.807) is 48.6 Å². The van der Waals surface area contributed by atoms with Gasteiger partial charge in [-0.15, -0.1) is 0 Å². The molecule has 36 heavy (non-hydrogen) atoms. The topological polar surface area (TPSA) is 124 Å². The highest BCUT2D eigenvalue weighted by Crippen LogP contribution is 2.32. The Kier molecular flexibility index (Phi) is 8.55. The van der Waals surface area contributed by atoms with Crippen LogP contribution < -0.4 is 21.3 Å². The van der Waals surface area contributed by atoms with Crippen LogP contribution in [0.25, 0.3) is 0 Å². The average molecular weight is 491 g/mol. The Morgan fingerprint density at radius 2 is 1.78 bits per heavy atom. The molecule has 0 spiro atoms. The average Bonchev–Trinajstić information content (AvgIpc) is 2.82. The minimum Gasteiger partial charge on any atom is -0.364 e. The van der Waals surface area contributed by atoms with Crippen molar-refractivity contribution in [3.63, 3.8) is 0 Å². The minimum atomic E-state index is -0.321. The second-order valence-electron chi connectivity index (χ2n) is 9.63. The number of rotatable bonds is 9.